The largest absolute Gasteiger partial charge is 0.469 e. The number of esters is 1. The number of rotatable bonds is 5. The van der Waals surface area contributed by atoms with Gasteiger partial charge in [0.05, 0.1) is 13.5 Å². The molecule has 0 radical (unpaired) electrons. The zero-order valence-corrected chi connectivity index (χ0v) is 10.9. The topological polar surface area (TPSA) is 84.5 Å². The van der Waals surface area contributed by atoms with Crippen molar-refractivity contribution < 1.29 is 19.1 Å². The smallest absolute Gasteiger partial charge is 0.307 e. The molecule has 0 aliphatic carbocycles. The Kier molecular flexibility index (Phi) is 5.53. The predicted octanol–water partition coefficient (Wildman–Crippen LogP) is 0.938. The van der Waals surface area contributed by atoms with Gasteiger partial charge in [0.15, 0.2) is 0 Å². The molecule has 0 unspecified atom stereocenters. The minimum absolute atomic E-state index is 0.119. The van der Waals surface area contributed by atoms with Crippen LogP contribution in [0.2, 0.25) is 0 Å². The Bertz CT molecular complexity index is 485. The summed E-state index contributed by atoms with van der Waals surface area (Å²) in [6.07, 6.45) is 0.119. The molecule has 0 heterocycles. The van der Waals surface area contributed by atoms with Crippen molar-refractivity contribution in [3.05, 3.63) is 29.8 Å². The van der Waals surface area contributed by atoms with Gasteiger partial charge >= 0.3 is 5.97 Å². The minimum Gasteiger partial charge on any atom is -0.469 e. The fraction of sp³-hybridized carbons (Fsp3) is 0.308. The van der Waals surface area contributed by atoms with Crippen molar-refractivity contribution in [2.75, 3.05) is 19.0 Å². The van der Waals surface area contributed by atoms with E-state index < -0.39 is 0 Å². The second kappa shape index (κ2) is 7.15. The van der Waals surface area contributed by atoms with Crippen molar-refractivity contribution >= 4 is 23.5 Å². The molecule has 102 valence electrons. The number of hydrogen-bond acceptors (Lipinski definition) is 4. The summed E-state index contributed by atoms with van der Waals surface area (Å²) < 4.78 is 4.46. The molecule has 2 N–H and O–H groups in total. The number of carbonyl (C=O) groups is 3. The number of anilines is 1. The molecule has 0 spiro atoms. The van der Waals surface area contributed by atoms with E-state index >= 15 is 0 Å². The van der Waals surface area contributed by atoms with E-state index in [-0.39, 0.29) is 30.7 Å². The summed E-state index contributed by atoms with van der Waals surface area (Å²) in [7, 11) is 1.29. The highest BCUT2D eigenvalue weighted by Gasteiger charge is 2.07. The van der Waals surface area contributed by atoms with Crippen molar-refractivity contribution in [3.63, 3.8) is 0 Å². The molecular weight excluding hydrogens is 248 g/mol. The monoisotopic (exact) mass is 264 g/mol. The van der Waals surface area contributed by atoms with Crippen LogP contribution in [-0.2, 0) is 14.3 Å². The van der Waals surface area contributed by atoms with E-state index in [9.17, 15) is 14.4 Å². The van der Waals surface area contributed by atoms with Crippen molar-refractivity contribution in [3.8, 4) is 0 Å². The third-order valence-corrected chi connectivity index (χ3v) is 2.29. The van der Waals surface area contributed by atoms with Gasteiger partial charge in [0.25, 0.3) is 5.91 Å². The molecule has 0 fully saturated rings. The molecule has 0 aliphatic rings. The van der Waals surface area contributed by atoms with Crippen molar-refractivity contribution in [2.24, 2.45) is 0 Å². The Labute approximate surface area is 111 Å². The number of ether oxygens (including phenoxy) is 1. The molecule has 6 nitrogen and oxygen atoms in total. The van der Waals surface area contributed by atoms with Crippen LogP contribution in [0.25, 0.3) is 0 Å². The zero-order chi connectivity index (χ0) is 14.3. The van der Waals surface area contributed by atoms with E-state index in [1.54, 1.807) is 24.3 Å². The Morgan fingerprint density at radius 1 is 1.26 bits per heavy atom. The quantitative estimate of drug-likeness (QED) is 0.775. The average Bonchev–Trinajstić information content (AvgIpc) is 2.37. The molecule has 1 aromatic carbocycles. The van der Waals surface area contributed by atoms with Gasteiger partial charge in [0, 0.05) is 24.7 Å². The fourth-order valence-corrected chi connectivity index (χ4v) is 1.42. The lowest BCUT2D eigenvalue weighted by Gasteiger charge is -2.07. The molecule has 6 heteroatoms. The van der Waals surface area contributed by atoms with E-state index in [0.29, 0.717) is 11.3 Å². The van der Waals surface area contributed by atoms with Gasteiger partial charge in [-0.2, -0.15) is 0 Å². The zero-order valence-electron chi connectivity index (χ0n) is 10.9. The molecular formula is C13H16N2O4. The second-order valence-electron chi connectivity index (χ2n) is 3.84. The summed E-state index contributed by atoms with van der Waals surface area (Å²) in [6.45, 7) is 1.60. The van der Waals surface area contributed by atoms with Gasteiger partial charge in [-0.25, -0.2) is 0 Å². The van der Waals surface area contributed by atoms with E-state index in [0.717, 1.165) is 0 Å². The maximum atomic E-state index is 11.8. The van der Waals surface area contributed by atoms with Crippen LogP contribution in [0.5, 0.6) is 0 Å². The van der Waals surface area contributed by atoms with Crippen molar-refractivity contribution in [1.82, 2.24) is 5.32 Å². The van der Waals surface area contributed by atoms with Crippen LogP contribution >= 0.6 is 0 Å². The summed E-state index contributed by atoms with van der Waals surface area (Å²) >= 11 is 0. The number of carbonyl (C=O) groups excluding carboxylic acids is 3. The molecule has 0 saturated carbocycles. The fourth-order valence-electron chi connectivity index (χ4n) is 1.42. The third kappa shape index (κ3) is 5.20. The van der Waals surface area contributed by atoms with E-state index in [1.807, 2.05) is 0 Å². The lowest BCUT2D eigenvalue weighted by Crippen LogP contribution is -2.26. The van der Waals surface area contributed by atoms with Gasteiger partial charge in [-0.15, -0.1) is 0 Å². The number of amides is 2. The Morgan fingerprint density at radius 3 is 2.63 bits per heavy atom. The van der Waals surface area contributed by atoms with Crippen molar-refractivity contribution in [1.29, 1.82) is 0 Å². The number of methoxy groups -OCH3 is 1. The molecule has 0 saturated heterocycles. The average molecular weight is 264 g/mol. The Balaban J connectivity index is 2.56. The van der Waals surface area contributed by atoms with Gasteiger partial charge in [-0.05, 0) is 18.2 Å². The molecule has 0 aliphatic heterocycles. The normalized spacial score (nSPS) is 9.58. The SMILES string of the molecule is COC(=O)CCNC(=O)c1cccc(NC(C)=O)c1. The van der Waals surface area contributed by atoms with Crippen LogP contribution in [0.3, 0.4) is 0 Å². The first-order valence-electron chi connectivity index (χ1n) is 5.75. The lowest BCUT2D eigenvalue weighted by molar-refractivity contribution is -0.140. The van der Waals surface area contributed by atoms with Crippen LogP contribution in [0, 0.1) is 0 Å². The minimum atomic E-state index is -0.382. The summed E-state index contributed by atoms with van der Waals surface area (Å²) in [4.78, 5) is 33.6. The van der Waals surface area contributed by atoms with Crippen LogP contribution < -0.4 is 10.6 Å². The second-order valence-corrected chi connectivity index (χ2v) is 3.84. The number of hydrogen-bond donors (Lipinski definition) is 2. The van der Waals surface area contributed by atoms with Gasteiger partial charge in [0.1, 0.15) is 0 Å². The Morgan fingerprint density at radius 2 is 2.00 bits per heavy atom. The van der Waals surface area contributed by atoms with E-state index in [4.69, 9.17) is 0 Å². The highest BCUT2D eigenvalue weighted by molar-refractivity contribution is 5.96. The standard InChI is InChI=1S/C13H16N2O4/c1-9(16)15-11-5-3-4-10(8-11)13(18)14-7-6-12(17)19-2/h3-5,8H,6-7H2,1-2H3,(H,14,18)(H,15,16). The highest BCUT2D eigenvalue weighted by atomic mass is 16.5. The van der Waals surface area contributed by atoms with Gasteiger partial charge in [0.2, 0.25) is 5.91 Å². The third-order valence-electron chi connectivity index (χ3n) is 2.29. The van der Waals surface area contributed by atoms with Crippen molar-refractivity contribution in [2.45, 2.75) is 13.3 Å². The molecule has 0 atom stereocenters. The van der Waals surface area contributed by atoms with Gasteiger partial charge in [-0.3, -0.25) is 14.4 Å². The van der Waals surface area contributed by atoms with Gasteiger partial charge in [-0.1, -0.05) is 6.07 Å². The highest BCUT2D eigenvalue weighted by Crippen LogP contribution is 2.10. The first kappa shape index (κ1) is 14.7. The number of benzene rings is 1. The summed E-state index contributed by atoms with van der Waals surface area (Å²) in [6, 6.07) is 6.54. The van der Waals surface area contributed by atoms with E-state index in [2.05, 4.69) is 15.4 Å². The maximum absolute atomic E-state index is 11.8. The summed E-state index contributed by atoms with van der Waals surface area (Å²) in [5, 5.41) is 5.18. The molecule has 1 aromatic rings. The summed E-state index contributed by atoms with van der Waals surface area (Å²) in [5.41, 5.74) is 0.962. The molecule has 2 amide bonds. The van der Waals surface area contributed by atoms with Crippen LogP contribution in [0.1, 0.15) is 23.7 Å². The first-order chi connectivity index (χ1) is 9.02. The molecule has 0 bridgehead atoms. The first-order valence-corrected chi connectivity index (χ1v) is 5.75. The number of nitrogens with one attached hydrogen (secondary N) is 2. The molecule has 19 heavy (non-hydrogen) atoms. The van der Waals surface area contributed by atoms with Crippen LogP contribution in [-0.4, -0.2) is 31.4 Å². The van der Waals surface area contributed by atoms with Gasteiger partial charge < -0.3 is 15.4 Å². The Hall–Kier alpha value is -2.37. The van der Waals surface area contributed by atoms with Crippen LogP contribution in [0.4, 0.5) is 5.69 Å². The van der Waals surface area contributed by atoms with Crippen LogP contribution in [0.15, 0.2) is 24.3 Å². The lowest BCUT2D eigenvalue weighted by atomic mass is 10.2. The van der Waals surface area contributed by atoms with E-state index in [1.165, 1.54) is 14.0 Å². The predicted molar refractivity (Wildman–Crippen MR) is 69.7 cm³/mol. The summed E-state index contributed by atoms with van der Waals surface area (Å²) in [5.74, 6) is -0.897. The molecule has 0 aromatic heterocycles. The molecule has 1 rings (SSSR count). The maximum Gasteiger partial charge on any atom is 0.307 e.